The number of benzene rings is 2. The summed E-state index contributed by atoms with van der Waals surface area (Å²) in [6.07, 6.45) is 3.32. The maximum absolute atomic E-state index is 6.13. The number of rotatable bonds is 10. The van der Waals surface area contributed by atoms with E-state index in [4.69, 9.17) is 9.47 Å². The van der Waals surface area contributed by atoms with Gasteiger partial charge >= 0.3 is 0 Å². The minimum absolute atomic E-state index is 0.135. The number of aryl methyl sites for hydroxylation is 1. The second kappa shape index (κ2) is 9.86. The molecule has 0 aliphatic rings. The van der Waals surface area contributed by atoms with Gasteiger partial charge in [0.15, 0.2) is 0 Å². The molecule has 0 radical (unpaired) electrons. The molecule has 2 aromatic rings. The molecule has 0 bridgehead atoms. The number of hydrogen-bond acceptors (Lipinski definition) is 3. The predicted octanol–water partition coefficient (Wildman–Crippen LogP) is 5.44. The highest BCUT2D eigenvalue weighted by Crippen LogP contribution is 2.20. The molecule has 0 saturated carbocycles. The lowest BCUT2D eigenvalue weighted by Gasteiger charge is -2.20. The number of ether oxygens (including phenoxy) is 2. The lowest BCUT2D eigenvalue weighted by Crippen LogP contribution is -2.25. The van der Waals surface area contributed by atoms with Gasteiger partial charge in [0.1, 0.15) is 17.6 Å². The molecule has 2 aromatic carbocycles. The summed E-state index contributed by atoms with van der Waals surface area (Å²) < 4.78 is 11.9. The van der Waals surface area contributed by atoms with Crippen molar-refractivity contribution >= 4 is 5.69 Å². The first kappa shape index (κ1) is 18.2. The van der Waals surface area contributed by atoms with Crippen molar-refractivity contribution < 1.29 is 9.47 Å². The van der Waals surface area contributed by atoms with E-state index in [1.54, 1.807) is 0 Å². The zero-order valence-electron chi connectivity index (χ0n) is 15.0. The topological polar surface area (TPSA) is 30.5 Å². The molecule has 0 heterocycles. The van der Waals surface area contributed by atoms with Crippen molar-refractivity contribution in [3.05, 3.63) is 54.1 Å². The molecule has 1 N–H and O–H groups in total. The minimum atomic E-state index is 0.135. The number of para-hydroxylation sites is 1. The van der Waals surface area contributed by atoms with Gasteiger partial charge in [-0.15, -0.1) is 0 Å². The van der Waals surface area contributed by atoms with Gasteiger partial charge in [-0.3, -0.25) is 0 Å². The van der Waals surface area contributed by atoms with E-state index in [0.717, 1.165) is 49.6 Å². The molecule has 24 heavy (non-hydrogen) atoms. The highest BCUT2D eigenvalue weighted by Gasteiger charge is 2.09. The van der Waals surface area contributed by atoms with E-state index >= 15 is 0 Å². The van der Waals surface area contributed by atoms with Gasteiger partial charge in [0.05, 0.1) is 13.2 Å². The fourth-order valence-electron chi connectivity index (χ4n) is 2.40. The van der Waals surface area contributed by atoms with E-state index < -0.39 is 0 Å². The Morgan fingerprint density at radius 2 is 1.88 bits per heavy atom. The predicted molar refractivity (Wildman–Crippen MR) is 101 cm³/mol. The van der Waals surface area contributed by atoms with Crippen molar-refractivity contribution in [1.82, 2.24) is 0 Å². The molecule has 3 nitrogen and oxygen atoms in total. The minimum Gasteiger partial charge on any atom is -0.494 e. The summed E-state index contributed by atoms with van der Waals surface area (Å²) in [6.45, 7) is 7.93. The molecule has 0 spiro atoms. The molecule has 0 aliphatic carbocycles. The van der Waals surface area contributed by atoms with Crippen molar-refractivity contribution in [1.29, 1.82) is 0 Å². The van der Waals surface area contributed by atoms with Crippen molar-refractivity contribution in [3.8, 4) is 11.5 Å². The summed E-state index contributed by atoms with van der Waals surface area (Å²) in [4.78, 5) is 0. The summed E-state index contributed by atoms with van der Waals surface area (Å²) in [6, 6.07) is 16.3. The van der Waals surface area contributed by atoms with Gasteiger partial charge in [-0.05, 0) is 43.5 Å². The van der Waals surface area contributed by atoms with Gasteiger partial charge in [0.25, 0.3) is 0 Å². The molecule has 0 saturated heterocycles. The molecule has 0 aromatic heterocycles. The van der Waals surface area contributed by atoms with Crippen LogP contribution in [0.2, 0.25) is 0 Å². The van der Waals surface area contributed by atoms with Crippen molar-refractivity contribution in [2.45, 2.75) is 46.1 Å². The van der Waals surface area contributed by atoms with Crippen LogP contribution in [0.1, 0.15) is 38.7 Å². The van der Waals surface area contributed by atoms with Gasteiger partial charge in [-0.25, -0.2) is 0 Å². The van der Waals surface area contributed by atoms with Crippen LogP contribution in [0.25, 0.3) is 0 Å². The Morgan fingerprint density at radius 3 is 2.62 bits per heavy atom. The van der Waals surface area contributed by atoms with Crippen LogP contribution in [0, 0.1) is 6.92 Å². The molecular weight excluding hydrogens is 298 g/mol. The zero-order chi connectivity index (χ0) is 17.2. The molecule has 0 amide bonds. The van der Waals surface area contributed by atoms with Crippen LogP contribution < -0.4 is 14.8 Å². The smallest absolute Gasteiger partial charge is 0.122 e. The fraction of sp³-hybridized carbons (Fsp3) is 0.429. The Balaban J connectivity index is 1.88. The van der Waals surface area contributed by atoms with Crippen molar-refractivity contribution in [2.75, 3.05) is 18.5 Å². The van der Waals surface area contributed by atoms with Gasteiger partial charge < -0.3 is 14.8 Å². The highest BCUT2D eigenvalue weighted by molar-refractivity contribution is 5.48. The Kier molecular flexibility index (Phi) is 7.47. The van der Waals surface area contributed by atoms with E-state index in [2.05, 4.69) is 44.3 Å². The van der Waals surface area contributed by atoms with Crippen LogP contribution in [0.4, 0.5) is 5.69 Å². The number of hydrogen-bond donors (Lipinski definition) is 1. The molecule has 2 rings (SSSR count). The van der Waals surface area contributed by atoms with E-state index in [1.807, 2.05) is 30.3 Å². The fourth-order valence-corrected chi connectivity index (χ4v) is 2.40. The Hall–Kier alpha value is -2.16. The van der Waals surface area contributed by atoms with Crippen LogP contribution in [0.3, 0.4) is 0 Å². The third kappa shape index (κ3) is 5.80. The lowest BCUT2D eigenvalue weighted by atomic mass is 10.2. The normalized spacial score (nSPS) is 11.8. The third-order valence-corrected chi connectivity index (χ3v) is 3.98. The summed E-state index contributed by atoms with van der Waals surface area (Å²) in [5, 5.41) is 3.46. The van der Waals surface area contributed by atoms with Gasteiger partial charge in [0.2, 0.25) is 0 Å². The van der Waals surface area contributed by atoms with Crippen molar-refractivity contribution in [3.63, 3.8) is 0 Å². The van der Waals surface area contributed by atoms with E-state index in [1.165, 1.54) is 5.56 Å². The Labute approximate surface area is 146 Å². The first-order valence-corrected chi connectivity index (χ1v) is 8.92. The number of unbranched alkanes of at least 4 members (excludes halogenated alkanes) is 1. The maximum atomic E-state index is 6.13. The number of nitrogens with one attached hydrogen (secondary N) is 1. The van der Waals surface area contributed by atoms with Gasteiger partial charge in [-0.2, -0.15) is 0 Å². The van der Waals surface area contributed by atoms with Crippen LogP contribution in [0.15, 0.2) is 48.5 Å². The molecule has 3 heteroatoms. The zero-order valence-corrected chi connectivity index (χ0v) is 15.0. The van der Waals surface area contributed by atoms with Gasteiger partial charge in [0, 0.05) is 11.8 Å². The van der Waals surface area contributed by atoms with E-state index in [-0.39, 0.29) is 6.10 Å². The standard InChI is InChI=1S/C21H29NO2/c1-4-6-14-23-20-12-9-11-18(15-20)22-16-19(5-2)24-21-13-8-7-10-17(21)3/h7-13,15,19,22H,4-6,14,16H2,1-3H3. The lowest BCUT2D eigenvalue weighted by molar-refractivity contribution is 0.208. The third-order valence-electron chi connectivity index (χ3n) is 3.98. The Morgan fingerprint density at radius 1 is 1.04 bits per heavy atom. The second-order valence-corrected chi connectivity index (χ2v) is 6.02. The van der Waals surface area contributed by atoms with E-state index in [9.17, 15) is 0 Å². The largest absolute Gasteiger partial charge is 0.494 e. The van der Waals surface area contributed by atoms with Crippen LogP contribution in [0.5, 0.6) is 11.5 Å². The highest BCUT2D eigenvalue weighted by atomic mass is 16.5. The average molecular weight is 327 g/mol. The first-order chi connectivity index (χ1) is 11.7. The molecule has 1 atom stereocenters. The molecule has 130 valence electrons. The van der Waals surface area contributed by atoms with Crippen LogP contribution in [-0.4, -0.2) is 19.3 Å². The summed E-state index contributed by atoms with van der Waals surface area (Å²) in [7, 11) is 0. The van der Waals surface area contributed by atoms with Crippen LogP contribution >= 0.6 is 0 Å². The summed E-state index contributed by atoms with van der Waals surface area (Å²) >= 11 is 0. The van der Waals surface area contributed by atoms with E-state index in [0.29, 0.717) is 0 Å². The monoisotopic (exact) mass is 327 g/mol. The SMILES string of the molecule is CCCCOc1cccc(NCC(CC)Oc2ccccc2C)c1. The van der Waals surface area contributed by atoms with Crippen molar-refractivity contribution in [2.24, 2.45) is 0 Å². The molecule has 1 unspecified atom stereocenters. The summed E-state index contributed by atoms with van der Waals surface area (Å²) in [5.74, 6) is 1.88. The maximum Gasteiger partial charge on any atom is 0.122 e. The van der Waals surface area contributed by atoms with Gasteiger partial charge in [-0.1, -0.05) is 44.5 Å². The summed E-state index contributed by atoms with van der Waals surface area (Å²) in [5.41, 5.74) is 2.23. The quantitative estimate of drug-likeness (QED) is 0.589. The first-order valence-electron chi connectivity index (χ1n) is 8.92. The second-order valence-electron chi connectivity index (χ2n) is 6.02. The average Bonchev–Trinajstić information content (AvgIpc) is 2.61. The molecule has 0 aliphatic heterocycles. The van der Waals surface area contributed by atoms with Crippen LogP contribution in [-0.2, 0) is 0 Å². The number of anilines is 1. The molecular formula is C21H29NO2. The Bertz CT molecular complexity index is 612. The molecule has 0 fully saturated rings.